The predicted molar refractivity (Wildman–Crippen MR) is 88.7 cm³/mol. The van der Waals surface area contributed by atoms with Crippen molar-refractivity contribution in [3.63, 3.8) is 0 Å². The van der Waals surface area contributed by atoms with Gasteiger partial charge in [-0.3, -0.25) is 9.36 Å². The van der Waals surface area contributed by atoms with Crippen LogP contribution in [0.2, 0.25) is 0 Å². The Bertz CT molecular complexity index is 904. The van der Waals surface area contributed by atoms with Crippen LogP contribution < -0.4 is 11.1 Å². The van der Waals surface area contributed by atoms with Gasteiger partial charge in [0, 0.05) is 19.2 Å². The number of aromatic nitrogens is 1. The molecule has 2 aromatic carbocycles. The minimum Gasteiger partial charge on any atom is -0.408 e. The Balaban J connectivity index is 1.63. The average Bonchev–Trinajstić information content (AvgIpc) is 2.82. The molecule has 0 saturated carbocycles. The first kappa shape index (κ1) is 15.1. The molecule has 0 bridgehead atoms. The van der Waals surface area contributed by atoms with E-state index in [1.165, 1.54) is 4.57 Å². The molecule has 0 aliphatic heterocycles. The molecule has 0 radical (unpaired) electrons. The lowest BCUT2D eigenvalue weighted by Crippen LogP contribution is -2.25. The predicted octanol–water partition coefficient (Wildman–Crippen LogP) is 2.41. The van der Waals surface area contributed by atoms with Gasteiger partial charge in [0.2, 0.25) is 0 Å². The summed E-state index contributed by atoms with van der Waals surface area (Å²) in [5, 5.41) is 2.90. The van der Waals surface area contributed by atoms with Crippen LogP contribution in [0, 0.1) is 6.92 Å². The maximum atomic E-state index is 12.0. The molecule has 0 aliphatic rings. The number of hydrogen-bond acceptors (Lipinski definition) is 3. The Morgan fingerprint density at radius 1 is 1.17 bits per heavy atom. The Morgan fingerprint density at radius 2 is 1.91 bits per heavy atom. The van der Waals surface area contributed by atoms with Crippen LogP contribution in [0.25, 0.3) is 11.1 Å². The van der Waals surface area contributed by atoms with Gasteiger partial charge in [0.05, 0.1) is 5.52 Å². The summed E-state index contributed by atoms with van der Waals surface area (Å²) >= 11 is 0. The average molecular weight is 310 g/mol. The number of nitrogens with zero attached hydrogens (tertiary/aromatic N) is 1. The van der Waals surface area contributed by atoms with E-state index in [0.29, 0.717) is 24.1 Å². The molecule has 5 nitrogen and oxygen atoms in total. The molecule has 0 atom stereocenters. The molecule has 3 rings (SSSR count). The number of aryl methyl sites for hydroxylation is 2. The van der Waals surface area contributed by atoms with Gasteiger partial charge in [-0.2, -0.15) is 0 Å². The first-order valence-electron chi connectivity index (χ1n) is 7.48. The molecular formula is C18H18N2O3. The fourth-order valence-corrected chi connectivity index (χ4v) is 2.46. The second-order valence-corrected chi connectivity index (χ2v) is 5.60. The van der Waals surface area contributed by atoms with E-state index in [4.69, 9.17) is 4.42 Å². The summed E-state index contributed by atoms with van der Waals surface area (Å²) in [6.45, 7) is 2.51. The topological polar surface area (TPSA) is 64.2 Å². The molecule has 23 heavy (non-hydrogen) atoms. The van der Waals surface area contributed by atoms with Crippen molar-refractivity contribution in [2.75, 3.05) is 6.54 Å². The van der Waals surface area contributed by atoms with E-state index in [9.17, 15) is 9.59 Å². The van der Waals surface area contributed by atoms with Crippen molar-refractivity contribution in [1.29, 1.82) is 0 Å². The Hall–Kier alpha value is -2.82. The second kappa shape index (κ2) is 6.12. The van der Waals surface area contributed by atoms with Crippen LogP contribution in [0.1, 0.15) is 21.5 Å². The largest absolute Gasteiger partial charge is 0.419 e. The maximum absolute atomic E-state index is 12.0. The highest BCUT2D eigenvalue weighted by molar-refractivity contribution is 5.94. The van der Waals surface area contributed by atoms with E-state index < -0.39 is 0 Å². The summed E-state index contributed by atoms with van der Waals surface area (Å²) in [5.41, 5.74) is 4.12. The minimum absolute atomic E-state index is 0.0858. The molecule has 0 saturated heterocycles. The van der Waals surface area contributed by atoms with Gasteiger partial charge >= 0.3 is 5.76 Å². The van der Waals surface area contributed by atoms with E-state index in [2.05, 4.69) is 5.32 Å². The SMILES string of the molecule is Cc1ccc(C(=O)NCCc2ccc3c(c2)oc(=O)n3C)cc1. The first-order valence-corrected chi connectivity index (χ1v) is 7.48. The van der Waals surface area contributed by atoms with Crippen LogP contribution in [-0.4, -0.2) is 17.0 Å². The third-order valence-electron chi connectivity index (χ3n) is 3.87. The normalized spacial score (nSPS) is 10.9. The number of fused-ring (bicyclic) bond motifs is 1. The number of hydrogen-bond donors (Lipinski definition) is 1. The van der Waals surface area contributed by atoms with Crippen molar-refractivity contribution in [3.05, 3.63) is 69.7 Å². The molecule has 0 unspecified atom stereocenters. The lowest BCUT2D eigenvalue weighted by molar-refractivity contribution is 0.0954. The Kier molecular flexibility index (Phi) is 4.02. The molecule has 1 amide bonds. The van der Waals surface area contributed by atoms with Crippen LogP contribution in [-0.2, 0) is 13.5 Å². The van der Waals surface area contributed by atoms with Gasteiger partial charge in [0.15, 0.2) is 5.58 Å². The van der Waals surface area contributed by atoms with Gasteiger partial charge in [-0.05, 0) is 43.2 Å². The molecule has 1 N–H and O–H groups in total. The lowest BCUT2D eigenvalue weighted by Gasteiger charge is -2.06. The lowest BCUT2D eigenvalue weighted by atomic mass is 10.1. The van der Waals surface area contributed by atoms with Crippen LogP contribution in [0.5, 0.6) is 0 Å². The summed E-state index contributed by atoms with van der Waals surface area (Å²) in [4.78, 5) is 23.5. The minimum atomic E-state index is -0.371. The number of rotatable bonds is 4. The van der Waals surface area contributed by atoms with Crippen LogP contribution in [0.3, 0.4) is 0 Å². The number of benzene rings is 2. The smallest absolute Gasteiger partial charge is 0.408 e. The molecule has 1 aromatic heterocycles. The first-order chi connectivity index (χ1) is 11.0. The van der Waals surface area contributed by atoms with Crippen molar-refractivity contribution in [1.82, 2.24) is 9.88 Å². The third-order valence-corrected chi connectivity index (χ3v) is 3.87. The quantitative estimate of drug-likeness (QED) is 0.805. The van der Waals surface area contributed by atoms with E-state index in [-0.39, 0.29) is 11.7 Å². The zero-order valence-corrected chi connectivity index (χ0v) is 13.1. The molecule has 0 fully saturated rings. The Morgan fingerprint density at radius 3 is 2.65 bits per heavy atom. The summed E-state index contributed by atoms with van der Waals surface area (Å²) in [5.74, 6) is -0.456. The van der Waals surface area contributed by atoms with Crippen LogP contribution >= 0.6 is 0 Å². The molecule has 1 heterocycles. The van der Waals surface area contributed by atoms with E-state index in [0.717, 1.165) is 16.6 Å². The molecule has 3 aromatic rings. The highest BCUT2D eigenvalue weighted by atomic mass is 16.4. The monoisotopic (exact) mass is 310 g/mol. The number of carbonyl (C=O) groups is 1. The van der Waals surface area contributed by atoms with E-state index in [1.54, 1.807) is 7.05 Å². The molecule has 5 heteroatoms. The molecule has 0 spiro atoms. The molecular weight excluding hydrogens is 292 g/mol. The van der Waals surface area contributed by atoms with Gasteiger partial charge < -0.3 is 9.73 Å². The van der Waals surface area contributed by atoms with Gasteiger partial charge in [-0.1, -0.05) is 23.8 Å². The van der Waals surface area contributed by atoms with Gasteiger partial charge in [0.1, 0.15) is 0 Å². The zero-order chi connectivity index (χ0) is 16.4. The van der Waals surface area contributed by atoms with E-state index >= 15 is 0 Å². The third kappa shape index (κ3) is 3.18. The van der Waals surface area contributed by atoms with Gasteiger partial charge in [0.25, 0.3) is 5.91 Å². The van der Waals surface area contributed by atoms with Crippen molar-refractivity contribution in [2.24, 2.45) is 7.05 Å². The summed E-state index contributed by atoms with van der Waals surface area (Å²) < 4.78 is 6.64. The van der Waals surface area contributed by atoms with Crippen molar-refractivity contribution >= 4 is 17.0 Å². The number of carbonyl (C=O) groups excluding carboxylic acids is 1. The van der Waals surface area contributed by atoms with Crippen LogP contribution in [0.4, 0.5) is 0 Å². The molecule has 118 valence electrons. The second-order valence-electron chi connectivity index (χ2n) is 5.60. The van der Waals surface area contributed by atoms with Crippen molar-refractivity contribution in [3.8, 4) is 0 Å². The van der Waals surface area contributed by atoms with Crippen molar-refractivity contribution in [2.45, 2.75) is 13.3 Å². The zero-order valence-electron chi connectivity index (χ0n) is 13.1. The number of amides is 1. The van der Waals surface area contributed by atoms with E-state index in [1.807, 2.05) is 49.4 Å². The summed E-state index contributed by atoms with van der Waals surface area (Å²) in [7, 11) is 1.68. The summed E-state index contributed by atoms with van der Waals surface area (Å²) in [6, 6.07) is 13.1. The Labute approximate surface area is 133 Å². The number of nitrogens with one attached hydrogen (secondary N) is 1. The summed E-state index contributed by atoms with van der Waals surface area (Å²) in [6.07, 6.45) is 0.673. The maximum Gasteiger partial charge on any atom is 0.419 e. The highest BCUT2D eigenvalue weighted by Crippen LogP contribution is 2.14. The van der Waals surface area contributed by atoms with Gasteiger partial charge in [-0.15, -0.1) is 0 Å². The standard InChI is InChI=1S/C18H18N2O3/c1-12-3-6-14(7-4-12)17(21)19-10-9-13-5-8-15-16(11-13)23-18(22)20(15)2/h3-8,11H,9-10H2,1-2H3,(H,19,21). The number of oxazole rings is 1. The highest BCUT2D eigenvalue weighted by Gasteiger charge is 2.07. The van der Waals surface area contributed by atoms with Crippen LogP contribution in [0.15, 0.2) is 51.7 Å². The van der Waals surface area contributed by atoms with Gasteiger partial charge in [-0.25, -0.2) is 4.79 Å². The molecule has 0 aliphatic carbocycles. The fraction of sp³-hybridized carbons (Fsp3) is 0.222. The fourth-order valence-electron chi connectivity index (χ4n) is 2.46. The van der Waals surface area contributed by atoms with Crippen molar-refractivity contribution < 1.29 is 9.21 Å².